The molecule has 0 N–H and O–H groups in total. The molecule has 0 aliphatic carbocycles. The molecule has 0 atom stereocenters. The SMILES string of the molecule is Cc1cc(C)cc(-c2ccnnc2)c1. The van der Waals surface area contributed by atoms with E-state index >= 15 is 0 Å². The molecule has 0 saturated heterocycles. The topological polar surface area (TPSA) is 25.8 Å². The summed E-state index contributed by atoms with van der Waals surface area (Å²) in [6.07, 6.45) is 3.50. The average molecular weight is 184 g/mol. The predicted octanol–water partition coefficient (Wildman–Crippen LogP) is 2.76. The van der Waals surface area contributed by atoms with Crippen LogP contribution >= 0.6 is 0 Å². The van der Waals surface area contributed by atoms with Gasteiger partial charge in [-0.25, -0.2) is 0 Å². The molecule has 0 unspecified atom stereocenters. The number of aromatic nitrogens is 2. The molecular formula is C12H12N2. The zero-order valence-corrected chi connectivity index (χ0v) is 8.36. The summed E-state index contributed by atoms with van der Waals surface area (Å²) in [5, 5.41) is 7.64. The molecule has 0 radical (unpaired) electrons. The van der Waals surface area contributed by atoms with Crippen molar-refractivity contribution < 1.29 is 0 Å². The quantitative estimate of drug-likeness (QED) is 0.681. The molecule has 1 heterocycles. The van der Waals surface area contributed by atoms with E-state index in [2.05, 4.69) is 42.2 Å². The lowest BCUT2D eigenvalue weighted by Crippen LogP contribution is -1.84. The van der Waals surface area contributed by atoms with Gasteiger partial charge in [0.2, 0.25) is 0 Å². The van der Waals surface area contributed by atoms with E-state index in [4.69, 9.17) is 0 Å². The zero-order valence-electron chi connectivity index (χ0n) is 8.36. The van der Waals surface area contributed by atoms with Gasteiger partial charge >= 0.3 is 0 Å². The summed E-state index contributed by atoms with van der Waals surface area (Å²) in [6, 6.07) is 8.45. The molecule has 1 aromatic carbocycles. The van der Waals surface area contributed by atoms with E-state index in [-0.39, 0.29) is 0 Å². The first-order chi connectivity index (χ1) is 6.75. The van der Waals surface area contributed by atoms with Crippen molar-refractivity contribution in [2.45, 2.75) is 13.8 Å². The minimum absolute atomic E-state index is 1.12. The Morgan fingerprint density at radius 1 is 0.857 bits per heavy atom. The van der Waals surface area contributed by atoms with Gasteiger partial charge in [-0.05, 0) is 25.5 Å². The molecule has 14 heavy (non-hydrogen) atoms. The molecule has 0 bridgehead atoms. The number of nitrogens with zero attached hydrogens (tertiary/aromatic N) is 2. The highest BCUT2D eigenvalue weighted by Gasteiger charge is 1.98. The standard InChI is InChI=1S/C12H12N2/c1-9-5-10(2)7-12(6-9)11-3-4-13-14-8-11/h3-8H,1-2H3. The molecule has 1 aromatic heterocycles. The predicted molar refractivity (Wildman–Crippen MR) is 56.9 cm³/mol. The van der Waals surface area contributed by atoms with Gasteiger partial charge in [-0.15, -0.1) is 0 Å². The van der Waals surface area contributed by atoms with Crippen molar-refractivity contribution in [3.8, 4) is 11.1 Å². The van der Waals surface area contributed by atoms with Crippen molar-refractivity contribution in [1.82, 2.24) is 10.2 Å². The lowest BCUT2D eigenvalue weighted by atomic mass is 10.0. The van der Waals surface area contributed by atoms with E-state index in [1.165, 1.54) is 16.7 Å². The summed E-state index contributed by atoms with van der Waals surface area (Å²) < 4.78 is 0. The fraction of sp³-hybridized carbons (Fsp3) is 0.167. The van der Waals surface area contributed by atoms with E-state index in [0.29, 0.717) is 0 Å². The summed E-state index contributed by atoms with van der Waals surface area (Å²) >= 11 is 0. The largest absolute Gasteiger partial charge is 0.159 e. The second-order valence-corrected chi connectivity index (χ2v) is 3.51. The van der Waals surface area contributed by atoms with Crippen LogP contribution in [0.5, 0.6) is 0 Å². The fourth-order valence-corrected chi connectivity index (χ4v) is 1.60. The Labute approximate surface area is 83.6 Å². The first-order valence-electron chi connectivity index (χ1n) is 4.61. The Balaban J connectivity index is 2.52. The van der Waals surface area contributed by atoms with Crippen molar-refractivity contribution in [1.29, 1.82) is 0 Å². The zero-order chi connectivity index (χ0) is 9.97. The van der Waals surface area contributed by atoms with E-state index < -0.39 is 0 Å². The second kappa shape index (κ2) is 3.58. The van der Waals surface area contributed by atoms with Crippen LogP contribution in [-0.4, -0.2) is 10.2 Å². The van der Waals surface area contributed by atoms with Gasteiger partial charge < -0.3 is 0 Å². The molecule has 0 amide bonds. The molecule has 2 nitrogen and oxygen atoms in total. The van der Waals surface area contributed by atoms with Crippen LogP contribution in [0.2, 0.25) is 0 Å². The van der Waals surface area contributed by atoms with Crippen molar-refractivity contribution in [3.05, 3.63) is 47.8 Å². The molecule has 70 valence electrons. The maximum Gasteiger partial charge on any atom is 0.0574 e. The van der Waals surface area contributed by atoms with Gasteiger partial charge in [0.1, 0.15) is 0 Å². The molecule has 2 rings (SSSR count). The van der Waals surface area contributed by atoms with Crippen molar-refractivity contribution in [3.63, 3.8) is 0 Å². The molecule has 0 spiro atoms. The number of hydrogen-bond donors (Lipinski definition) is 0. The van der Waals surface area contributed by atoms with E-state index in [1.54, 1.807) is 12.4 Å². The van der Waals surface area contributed by atoms with Crippen LogP contribution in [0, 0.1) is 13.8 Å². The third kappa shape index (κ3) is 1.79. The minimum atomic E-state index is 1.12. The summed E-state index contributed by atoms with van der Waals surface area (Å²) in [5.74, 6) is 0. The fourth-order valence-electron chi connectivity index (χ4n) is 1.60. The van der Waals surface area contributed by atoms with Crippen LogP contribution < -0.4 is 0 Å². The van der Waals surface area contributed by atoms with Gasteiger partial charge in [0.15, 0.2) is 0 Å². The van der Waals surface area contributed by atoms with Crippen molar-refractivity contribution in [2.24, 2.45) is 0 Å². The molecule has 0 aliphatic rings. The van der Waals surface area contributed by atoms with Gasteiger partial charge in [-0.2, -0.15) is 10.2 Å². The van der Waals surface area contributed by atoms with Gasteiger partial charge in [-0.3, -0.25) is 0 Å². The highest BCUT2D eigenvalue weighted by molar-refractivity contribution is 5.63. The van der Waals surface area contributed by atoms with Gasteiger partial charge in [0.05, 0.1) is 12.4 Å². The van der Waals surface area contributed by atoms with Crippen molar-refractivity contribution in [2.75, 3.05) is 0 Å². The number of aryl methyl sites for hydroxylation is 2. The minimum Gasteiger partial charge on any atom is -0.159 e. The lowest BCUT2D eigenvalue weighted by molar-refractivity contribution is 1.03. The first-order valence-corrected chi connectivity index (χ1v) is 4.61. The maximum atomic E-state index is 3.87. The number of hydrogen-bond acceptors (Lipinski definition) is 2. The van der Waals surface area contributed by atoms with E-state index in [1.807, 2.05) is 6.07 Å². The third-order valence-corrected chi connectivity index (χ3v) is 2.14. The normalized spacial score (nSPS) is 10.1. The first kappa shape index (κ1) is 8.88. The third-order valence-electron chi connectivity index (χ3n) is 2.14. The molecule has 0 aliphatic heterocycles. The summed E-state index contributed by atoms with van der Waals surface area (Å²) in [7, 11) is 0. The smallest absolute Gasteiger partial charge is 0.0574 e. The second-order valence-electron chi connectivity index (χ2n) is 3.51. The van der Waals surface area contributed by atoms with Crippen LogP contribution in [0.1, 0.15) is 11.1 Å². The van der Waals surface area contributed by atoms with Crippen molar-refractivity contribution >= 4 is 0 Å². The maximum absolute atomic E-state index is 3.87. The van der Waals surface area contributed by atoms with Crippen LogP contribution in [0.15, 0.2) is 36.7 Å². The Morgan fingerprint density at radius 2 is 1.57 bits per heavy atom. The van der Waals surface area contributed by atoms with E-state index in [9.17, 15) is 0 Å². The molecule has 0 saturated carbocycles. The van der Waals surface area contributed by atoms with E-state index in [0.717, 1.165) is 5.56 Å². The van der Waals surface area contributed by atoms with Gasteiger partial charge in [-0.1, -0.05) is 29.3 Å². The van der Waals surface area contributed by atoms with Gasteiger partial charge in [0, 0.05) is 5.56 Å². The Kier molecular flexibility index (Phi) is 2.27. The summed E-state index contributed by atoms with van der Waals surface area (Å²) in [4.78, 5) is 0. The van der Waals surface area contributed by atoms with Crippen LogP contribution in [-0.2, 0) is 0 Å². The van der Waals surface area contributed by atoms with Gasteiger partial charge in [0.25, 0.3) is 0 Å². The Bertz CT molecular complexity index is 415. The Morgan fingerprint density at radius 3 is 2.14 bits per heavy atom. The number of benzene rings is 1. The highest BCUT2D eigenvalue weighted by atomic mass is 15.1. The average Bonchev–Trinajstić information content (AvgIpc) is 2.18. The lowest BCUT2D eigenvalue weighted by Gasteiger charge is -2.03. The highest BCUT2D eigenvalue weighted by Crippen LogP contribution is 2.20. The summed E-state index contributed by atoms with van der Waals surface area (Å²) in [6.45, 7) is 4.20. The molecule has 0 fully saturated rings. The molecular weight excluding hydrogens is 172 g/mol. The van der Waals surface area contributed by atoms with Crippen LogP contribution in [0.4, 0.5) is 0 Å². The Hall–Kier alpha value is -1.70. The number of rotatable bonds is 1. The van der Waals surface area contributed by atoms with Crippen LogP contribution in [0.25, 0.3) is 11.1 Å². The molecule has 2 aromatic rings. The molecule has 2 heteroatoms. The van der Waals surface area contributed by atoms with Crippen LogP contribution in [0.3, 0.4) is 0 Å². The summed E-state index contributed by atoms with van der Waals surface area (Å²) in [5.41, 5.74) is 4.87. The monoisotopic (exact) mass is 184 g/mol.